The van der Waals surface area contributed by atoms with E-state index in [1.165, 1.54) is 0 Å². The van der Waals surface area contributed by atoms with Crippen LogP contribution in [0.25, 0.3) is 5.82 Å². The SMILES string of the molecule is Cc1cc(Nc2cc(C(F)(F)F)ccn2)nc(-n2cnc(C3(O)CC[CH]CC3)c2)c1. The quantitative estimate of drug-likeness (QED) is 0.645. The van der Waals surface area contributed by atoms with Crippen molar-refractivity contribution in [3.8, 4) is 5.82 Å². The third kappa shape index (κ3) is 4.30. The van der Waals surface area contributed by atoms with Crippen molar-refractivity contribution in [1.82, 2.24) is 19.5 Å². The van der Waals surface area contributed by atoms with E-state index >= 15 is 0 Å². The van der Waals surface area contributed by atoms with Crippen molar-refractivity contribution in [3.63, 3.8) is 0 Å². The number of alkyl halides is 3. The zero-order chi connectivity index (χ0) is 21.4. The smallest absolute Gasteiger partial charge is 0.383 e. The Balaban J connectivity index is 1.60. The number of halogens is 3. The zero-order valence-electron chi connectivity index (χ0n) is 16.3. The number of hydrogen-bond donors (Lipinski definition) is 2. The van der Waals surface area contributed by atoms with Crippen LogP contribution >= 0.6 is 0 Å². The van der Waals surface area contributed by atoms with Gasteiger partial charge in [-0.15, -0.1) is 0 Å². The number of aromatic nitrogens is 4. The van der Waals surface area contributed by atoms with Crippen LogP contribution in [0.2, 0.25) is 0 Å². The molecule has 0 unspecified atom stereocenters. The molecule has 0 aliphatic heterocycles. The average molecular weight is 416 g/mol. The highest BCUT2D eigenvalue weighted by molar-refractivity contribution is 5.55. The summed E-state index contributed by atoms with van der Waals surface area (Å²) in [6.45, 7) is 1.86. The van der Waals surface area contributed by atoms with Gasteiger partial charge in [0.05, 0.1) is 11.3 Å². The van der Waals surface area contributed by atoms with Crippen LogP contribution in [0.4, 0.5) is 24.8 Å². The molecule has 3 aromatic heterocycles. The van der Waals surface area contributed by atoms with E-state index in [9.17, 15) is 18.3 Å². The van der Waals surface area contributed by atoms with Crippen molar-refractivity contribution in [1.29, 1.82) is 0 Å². The molecule has 3 heterocycles. The molecule has 30 heavy (non-hydrogen) atoms. The van der Waals surface area contributed by atoms with Gasteiger partial charge in [0.25, 0.3) is 0 Å². The fourth-order valence-electron chi connectivity index (χ4n) is 3.55. The molecule has 3 aromatic rings. The number of rotatable bonds is 4. The number of anilines is 2. The Morgan fingerprint density at radius 3 is 2.60 bits per heavy atom. The topological polar surface area (TPSA) is 75.9 Å². The summed E-state index contributed by atoms with van der Waals surface area (Å²) in [5, 5.41) is 13.7. The van der Waals surface area contributed by atoms with Gasteiger partial charge in [-0.05, 0) is 68.9 Å². The van der Waals surface area contributed by atoms with E-state index in [1.54, 1.807) is 23.2 Å². The molecular weight excluding hydrogens is 395 g/mol. The maximum absolute atomic E-state index is 12.9. The molecular formula is C21H21F3N5O. The summed E-state index contributed by atoms with van der Waals surface area (Å²) in [7, 11) is 0. The molecule has 0 saturated heterocycles. The average Bonchev–Trinajstić information content (AvgIpc) is 3.19. The number of nitrogens with zero attached hydrogens (tertiary/aromatic N) is 4. The summed E-state index contributed by atoms with van der Waals surface area (Å²) in [4.78, 5) is 12.8. The Hall–Kier alpha value is -2.94. The first kappa shape index (κ1) is 20.3. The minimum atomic E-state index is -4.45. The van der Waals surface area contributed by atoms with Gasteiger partial charge in [0.1, 0.15) is 29.4 Å². The fourth-order valence-corrected chi connectivity index (χ4v) is 3.55. The van der Waals surface area contributed by atoms with Gasteiger partial charge in [0.2, 0.25) is 0 Å². The second kappa shape index (κ2) is 7.71. The van der Waals surface area contributed by atoms with Crippen LogP contribution in [0.1, 0.15) is 42.5 Å². The lowest BCUT2D eigenvalue weighted by molar-refractivity contribution is -0.137. The first-order valence-electron chi connectivity index (χ1n) is 9.61. The Bertz CT molecular complexity index is 1040. The molecule has 0 atom stereocenters. The lowest BCUT2D eigenvalue weighted by atomic mass is 9.83. The van der Waals surface area contributed by atoms with Crippen LogP contribution in [-0.2, 0) is 11.8 Å². The molecule has 1 fully saturated rings. The predicted octanol–water partition coefficient (Wildman–Crippen LogP) is 4.70. The fraction of sp³-hybridized carbons (Fsp3) is 0.333. The van der Waals surface area contributed by atoms with E-state index in [1.807, 2.05) is 13.0 Å². The first-order chi connectivity index (χ1) is 14.2. The van der Waals surface area contributed by atoms with Crippen molar-refractivity contribution in [2.24, 2.45) is 0 Å². The molecule has 0 amide bonds. The van der Waals surface area contributed by atoms with Gasteiger partial charge in [-0.2, -0.15) is 13.2 Å². The highest BCUT2D eigenvalue weighted by Gasteiger charge is 2.33. The maximum atomic E-state index is 12.9. The van der Waals surface area contributed by atoms with E-state index in [0.29, 0.717) is 30.2 Å². The molecule has 0 spiro atoms. The molecule has 4 rings (SSSR count). The predicted molar refractivity (Wildman–Crippen MR) is 105 cm³/mol. The molecule has 1 aliphatic carbocycles. The van der Waals surface area contributed by atoms with Crippen molar-refractivity contribution in [2.75, 3.05) is 5.32 Å². The first-order valence-corrected chi connectivity index (χ1v) is 9.61. The molecule has 1 saturated carbocycles. The summed E-state index contributed by atoms with van der Waals surface area (Å²) in [5.74, 6) is 0.945. The Morgan fingerprint density at radius 1 is 1.10 bits per heavy atom. The largest absolute Gasteiger partial charge is 0.416 e. The second-order valence-electron chi connectivity index (χ2n) is 7.50. The summed E-state index contributed by atoms with van der Waals surface area (Å²) >= 11 is 0. The minimum absolute atomic E-state index is 0.0490. The Morgan fingerprint density at radius 2 is 1.87 bits per heavy atom. The highest BCUT2D eigenvalue weighted by atomic mass is 19.4. The maximum Gasteiger partial charge on any atom is 0.416 e. The molecule has 2 N–H and O–H groups in total. The number of nitrogens with one attached hydrogen (secondary N) is 1. The van der Waals surface area contributed by atoms with Crippen LogP contribution in [0.5, 0.6) is 0 Å². The van der Waals surface area contributed by atoms with Gasteiger partial charge in [0, 0.05) is 12.4 Å². The van der Waals surface area contributed by atoms with E-state index in [2.05, 4.69) is 26.7 Å². The van der Waals surface area contributed by atoms with Gasteiger partial charge in [0.15, 0.2) is 0 Å². The molecule has 9 heteroatoms. The van der Waals surface area contributed by atoms with Crippen molar-refractivity contribution >= 4 is 11.6 Å². The van der Waals surface area contributed by atoms with Gasteiger partial charge in [-0.25, -0.2) is 15.0 Å². The molecule has 157 valence electrons. The zero-order valence-corrected chi connectivity index (χ0v) is 16.3. The van der Waals surface area contributed by atoms with Crippen molar-refractivity contribution < 1.29 is 18.3 Å². The van der Waals surface area contributed by atoms with E-state index in [4.69, 9.17) is 0 Å². The standard InChI is InChI=1S/C21H21F3N5O/c1-14-9-18(27-17-11-15(5-8-25-17)21(22,23)24)28-19(10-14)29-12-16(26-13-29)20(30)6-3-2-4-7-20/h2,5,8-13,30H,3-4,6-7H2,1H3,(H,25,27,28). The minimum Gasteiger partial charge on any atom is -0.383 e. The van der Waals surface area contributed by atoms with E-state index in [-0.39, 0.29) is 5.82 Å². The van der Waals surface area contributed by atoms with Crippen LogP contribution < -0.4 is 5.32 Å². The summed E-state index contributed by atoms with van der Waals surface area (Å²) in [6, 6.07) is 5.40. The molecule has 1 aliphatic rings. The molecule has 0 bridgehead atoms. The molecule has 0 aromatic carbocycles. The van der Waals surface area contributed by atoms with E-state index in [0.717, 1.165) is 36.7 Å². The second-order valence-corrected chi connectivity index (χ2v) is 7.50. The van der Waals surface area contributed by atoms with Crippen LogP contribution in [0, 0.1) is 13.3 Å². The van der Waals surface area contributed by atoms with Crippen LogP contribution in [-0.4, -0.2) is 24.6 Å². The van der Waals surface area contributed by atoms with E-state index < -0.39 is 17.3 Å². The van der Waals surface area contributed by atoms with Crippen molar-refractivity contribution in [3.05, 3.63) is 66.2 Å². The highest BCUT2D eigenvalue weighted by Crippen LogP contribution is 2.36. The number of imidazole rings is 1. The molecule has 1 radical (unpaired) electrons. The lowest BCUT2D eigenvalue weighted by Gasteiger charge is -2.30. The number of aryl methyl sites for hydroxylation is 1. The monoisotopic (exact) mass is 416 g/mol. The normalized spacial score (nSPS) is 16.4. The van der Waals surface area contributed by atoms with Gasteiger partial charge < -0.3 is 10.4 Å². The summed E-state index contributed by atoms with van der Waals surface area (Å²) in [5.41, 5.74) is -0.291. The number of aliphatic hydroxyl groups is 1. The van der Waals surface area contributed by atoms with Gasteiger partial charge >= 0.3 is 6.18 Å². The van der Waals surface area contributed by atoms with Crippen molar-refractivity contribution in [2.45, 2.75) is 44.4 Å². The Labute approximate surface area is 171 Å². The summed E-state index contributed by atoms with van der Waals surface area (Å²) in [6.07, 6.45) is 5.07. The summed E-state index contributed by atoms with van der Waals surface area (Å²) < 4.78 is 40.5. The third-order valence-electron chi connectivity index (χ3n) is 5.15. The Kier molecular flexibility index (Phi) is 5.23. The number of pyridine rings is 2. The third-order valence-corrected chi connectivity index (χ3v) is 5.15. The van der Waals surface area contributed by atoms with Crippen LogP contribution in [0.3, 0.4) is 0 Å². The lowest BCUT2D eigenvalue weighted by Crippen LogP contribution is -2.29. The van der Waals surface area contributed by atoms with Gasteiger partial charge in [-0.1, -0.05) is 0 Å². The molecule has 6 nitrogen and oxygen atoms in total. The van der Waals surface area contributed by atoms with Gasteiger partial charge in [-0.3, -0.25) is 4.57 Å². The van der Waals surface area contributed by atoms with Crippen LogP contribution in [0.15, 0.2) is 43.0 Å². The number of hydrogen-bond acceptors (Lipinski definition) is 5.